The maximum atomic E-state index is 13.1. The van der Waals surface area contributed by atoms with Gasteiger partial charge in [0.2, 0.25) is 11.1 Å². The van der Waals surface area contributed by atoms with E-state index in [1.165, 1.54) is 35.2 Å². The molecule has 0 unspecified atom stereocenters. The number of hydrogen-bond acceptors (Lipinski definition) is 7. The fourth-order valence-corrected chi connectivity index (χ4v) is 4.26. The van der Waals surface area contributed by atoms with Crippen molar-refractivity contribution in [3.63, 3.8) is 0 Å². The number of hydrogen-bond donors (Lipinski definition) is 2. The molecule has 0 aliphatic heterocycles. The van der Waals surface area contributed by atoms with Crippen LogP contribution in [0.3, 0.4) is 0 Å². The number of anilines is 1. The van der Waals surface area contributed by atoms with Gasteiger partial charge in [0, 0.05) is 21.8 Å². The van der Waals surface area contributed by atoms with Crippen LogP contribution in [0, 0.1) is 5.82 Å². The maximum absolute atomic E-state index is 13.1. The second-order valence-corrected chi connectivity index (χ2v) is 8.14. The Morgan fingerprint density at radius 1 is 1.10 bits per heavy atom. The van der Waals surface area contributed by atoms with Gasteiger partial charge in [0.25, 0.3) is 0 Å². The number of aromatic amines is 1. The lowest BCUT2D eigenvalue weighted by molar-refractivity contribution is -0.113. The van der Waals surface area contributed by atoms with Crippen molar-refractivity contribution in [2.75, 3.05) is 11.1 Å². The minimum atomic E-state index is -0.304. The van der Waals surface area contributed by atoms with Crippen LogP contribution >= 0.6 is 23.1 Å². The van der Waals surface area contributed by atoms with Gasteiger partial charge < -0.3 is 10.3 Å². The van der Waals surface area contributed by atoms with Gasteiger partial charge in [0.15, 0.2) is 10.8 Å². The Kier molecular flexibility index (Phi) is 4.85. The van der Waals surface area contributed by atoms with E-state index in [1.807, 2.05) is 29.6 Å². The summed E-state index contributed by atoms with van der Waals surface area (Å²) in [5.41, 5.74) is 3.75. The molecule has 0 spiro atoms. The summed E-state index contributed by atoms with van der Waals surface area (Å²) >= 11 is 2.50. The Labute approximate surface area is 177 Å². The molecule has 0 fully saturated rings. The number of amides is 1. The van der Waals surface area contributed by atoms with Crippen LogP contribution < -0.4 is 5.32 Å². The Morgan fingerprint density at radius 3 is 2.80 bits per heavy atom. The van der Waals surface area contributed by atoms with Crippen molar-refractivity contribution in [2.45, 2.75) is 5.16 Å². The SMILES string of the molecule is O=C(CSc1nnc2c(n1)[nH]c1ccccc12)Nc1nc(-c2ccc(F)cc2)cs1. The number of rotatable bonds is 5. The monoisotopic (exact) mass is 436 g/mol. The fourth-order valence-electron chi connectivity index (χ4n) is 2.94. The van der Waals surface area contributed by atoms with Crippen molar-refractivity contribution < 1.29 is 9.18 Å². The number of carbonyl (C=O) groups excluding carboxylic acids is 1. The number of halogens is 1. The van der Waals surface area contributed by atoms with E-state index < -0.39 is 0 Å². The Hall–Kier alpha value is -3.37. The van der Waals surface area contributed by atoms with Crippen LogP contribution in [-0.4, -0.2) is 36.8 Å². The minimum Gasteiger partial charge on any atom is -0.338 e. The molecule has 3 aromatic heterocycles. The van der Waals surface area contributed by atoms with Crippen LogP contribution in [0.5, 0.6) is 0 Å². The number of thioether (sulfide) groups is 1. The zero-order valence-corrected chi connectivity index (χ0v) is 16.9. The normalized spacial score (nSPS) is 11.2. The smallest absolute Gasteiger partial charge is 0.236 e. The zero-order valence-electron chi connectivity index (χ0n) is 15.3. The molecule has 30 heavy (non-hydrogen) atoms. The first kappa shape index (κ1) is 18.6. The summed E-state index contributed by atoms with van der Waals surface area (Å²) in [6.45, 7) is 0. The highest BCUT2D eigenvalue weighted by Gasteiger charge is 2.12. The van der Waals surface area contributed by atoms with Crippen LogP contribution in [-0.2, 0) is 4.79 Å². The lowest BCUT2D eigenvalue weighted by Crippen LogP contribution is -2.14. The molecule has 0 aliphatic rings. The predicted molar refractivity (Wildman–Crippen MR) is 116 cm³/mol. The third kappa shape index (κ3) is 3.74. The number of thiazole rings is 1. The van der Waals surface area contributed by atoms with E-state index >= 15 is 0 Å². The van der Waals surface area contributed by atoms with Crippen molar-refractivity contribution in [1.82, 2.24) is 25.1 Å². The molecule has 0 saturated heterocycles. The number of H-pyrrole nitrogens is 1. The summed E-state index contributed by atoms with van der Waals surface area (Å²) in [5.74, 6) is -0.402. The average molecular weight is 436 g/mol. The van der Waals surface area contributed by atoms with Crippen LogP contribution in [0.25, 0.3) is 33.3 Å². The topological polar surface area (TPSA) is 96.5 Å². The third-order valence-electron chi connectivity index (χ3n) is 4.33. The van der Waals surface area contributed by atoms with Crippen LogP contribution in [0.15, 0.2) is 59.1 Å². The molecule has 2 N–H and O–H groups in total. The van der Waals surface area contributed by atoms with Crippen molar-refractivity contribution in [3.05, 3.63) is 59.7 Å². The summed E-state index contributed by atoms with van der Waals surface area (Å²) in [7, 11) is 0. The largest absolute Gasteiger partial charge is 0.338 e. The average Bonchev–Trinajstić information content (AvgIpc) is 3.37. The summed E-state index contributed by atoms with van der Waals surface area (Å²) in [6, 6.07) is 13.8. The molecule has 1 amide bonds. The van der Waals surface area contributed by atoms with E-state index in [-0.39, 0.29) is 17.5 Å². The summed E-state index contributed by atoms with van der Waals surface area (Å²) < 4.78 is 13.1. The lowest BCUT2D eigenvalue weighted by Gasteiger charge is -2.01. The van der Waals surface area contributed by atoms with Gasteiger partial charge in [0.1, 0.15) is 11.3 Å². The molecule has 2 aromatic carbocycles. The molecule has 7 nitrogen and oxygen atoms in total. The van der Waals surface area contributed by atoms with E-state index in [0.29, 0.717) is 27.1 Å². The summed E-state index contributed by atoms with van der Waals surface area (Å²) in [6.07, 6.45) is 0. The van der Waals surface area contributed by atoms with Crippen molar-refractivity contribution >= 4 is 56.2 Å². The quantitative estimate of drug-likeness (QED) is 0.394. The second kappa shape index (κ2) is 7.81. The molecule has 3 heterocycles. The number of fused-ring (bicyclic) bond motifs is 3. The molecular formula is C20H13FN6OS2. The molecule has 5 aromatic rings. The van der Waals surface area contributed by atoms with Gasteiger partial charge in [-0.3, -0.25) is 4.79 Å². The van der Waals surface area contributed by atoms with Gasteiger partial charge in [-0.15, -0.1) is 21.5 Å². The van der Waals surface area contributed by atoms with Crippen LogP contribution in [0.2, 0.25) is 0 Å². The Bertz CT molecular complexity index is 1370. The zero-order chi connectivity index (χ0) is 20.5. The van der Waals surface area contributed by atoms with Crippen molar-refractivity contribution in [3.8, 4) is 11.3 Å². The molecule has 0 saturated carbocycles. The maximum Gasteiger partial charge on any atom is 0.236 e. The van der Waals surface area contributed by atoms with E-state index in [4.69, 9.17) is 0 Å². The first-order valence-corrected chi connectivity index (χ1v) is 10.8. The van der Waals surface area contributed by atoms with E-state index in [2.05, 4.69) is 30.5 Å². The third-order valence-corrected chi connectivity index (χ3v) is 5.92. The minimum absolute atomic E-state index is 0.124. The van der Waals surface area contributed by atoms with Crippen LogP contribution in [0.4, 0.5) is 9.52 Å². The van der Waals surface area contributed by atoms with E-state index in [0.717, 1.165) is 16.5 Å². The number of aromatic nitrogens is 5. The second-order valence-electron chi connectivity index (χ2n) is 6.34. The first-order valence-electron chi connectivity index (χ1n) is 8.91. The van der Waals surface area contributed by atoms with Gasteiger partial charge in [-0.25, -0.2) is 14.4 Å². The summed E-state index contributed by atoms with van der Waals surface area (Å²) in [4.78, 5) is 24.3. The molecule has 0 radical (unpaired) electrons. The highest BCUT2D eigenvalue weighted by Crippen LogP contribution is 2.26. The molecular weight excluding hydrogens is 423 g/mol. The van der Waals surface area contributed by atoms with Gasteiger partial charge >= 0.3 is 0 Å². The highest BCUT2D eigenvalue weighted by atomic mass is 32.2. The van der Waals surface area contributed by atoms with E-state index in [1.54, 1.807) is 12.1 Å². The predicted octanol–water partition coefficient (Wildman–Crippen LogP) is 4.50. The van der Waals surface area contributed by atoms with Crippen molar-refractivity contribution in [2.24, 2.45) is 0 Å². The Balaban J connectivity index is 1.24. The fraction of sp³-hybridized carbons (Fsp3) is 0.0500. The molecule has 0 atom stereocenters. The number of benzene rings is 2. The van der Waals surface area contributed by atoms with Crippen molar-refractivity contribution in [1.29, 1.82) is 0 Å². The first-order chi connectivity index (χ1) is 14.7. The molecule has 148 valence electrons. The number of carbonyl (C=O) groups is 1. The summed E-state index contributed by atoms with van der Waals surface area (Å²) in [5, 5.41) is 14.8. The van der Waals surface area contributed by atoms with Crippen LogP contribution in [0.1, 0.15) is 0 Å². The van der Waals surface area contributed by atoms with Gasteiger partial charge in [-0.1, -0.05) is 30.0 Å². The number of nitrogens with one attached hydrogen (secondary N) is 2. The molecule has 5 rings (SSSR count). The van der Waals surface area contributed by atoms with E-state index in [9.17, 15) is 9.18 Å². The van der Waals surface area contributed by atoms with Gasteiger partial charge in [-0.2, -0.15) is 0 Å². The molecule has 0 bridgehead atoms. The lowest BCUT2D eigenvalue weighted by atomic mass is 10.2. The standard InChI is InChI=1S/C20H13FN6OS2/c21-12-7-5-11(6-8-12)15-9-29-19(23-15)24-16(28)10-30-20-25-18-17(26-27-20)13-3-1-2-4-14(13)22-18/h1-9H,10H2,(H,22,25,27)(H,23,24,28). The molecule has 10 heteroatoms. The Morgan fingerprint density at radius 2 is 1.93 bits per heavy atom. The molecule has 0 aliphatic carbocycles. The number of nitrogens with zero attached hydrogens (tertiary/aromatic N) is 4. The number of para-hydroxylation sites is 1. The van der Waals surface area contributed by atoms with Gasteiger partial charge in [0.05, 0.1) is 11.4 Å². The highest BCUT2D eigenvalue weighted by molar-refractivity contribution is 7.99. The van der Waals surface area contributed by atoms with Gasteiger partial charge in [-0.05, 0) is 30.3 Å².